The topological polar surface area (TPSA) is 43.6 Å². The van der Waals surface area contributed by atoms with Gasteiger partial charge in [-0.3, -0.25) is 0 Å². The van der Waals surface area contributed by atoms with Gasteiger partial charge in [0.2, 0.25) is 0 Å². The first kappa shape index (κ1) is 12.3. The zero-order valence-corrected chi connectivity index (χ0v) is 12.0. The van der Waals surface area contributed by atoms with Crippen LogP contribution in [0, 0.1) is 0 Å². The number of rotatable bonds is 2. The van der Waals surface area contributed by atoms with Crippen molar-refractivity contribution < 1.29 is 0 Å². The second kappa shape index (κ2) is 5.11. The highest BCUT2D eigenvalue weighted by atomic mass is 79.9. The van der Waals surface area contributed by atoms with E-state index in [2.05, 4.69) is 31.0 Å². The molecule has 2 aromatic heterocycles. The number of benzene rings is 1. The normalized spacial score (nSPS) is 10.6. The van der Waals surface area contributed by atoms with Crippen LogP contribution in [0.2, 0.25) is 5.15 Å². The highest BCUT2D eigenvalue weighted by molar-refractivity contribution is 9.10. The predicted octanol–water partition coefficient (Wildman–Crippen LogP) is 3.75. The first-order valence-corrected chi connectivity index (χ1v) is 6.70. The van der Waals surface area contributed by atoms with Gasteiger partial charge in [-0.2, -0.15) is 5.10 Å². The minimum Gasteiger partial charge on any atom is -0.221 e. The summed E-state index contributed by atoms with van der Waals surface area (Å²) < 4.78 is 2.52. The summed E-state index contributed by atoms with van der Waals surface area (Å²) in [6.07, 6.45) is 3.51. The summed E-state index contributed by atoms with van der Waals surface area (Å²) in [4.78, 5) is 8.71. The summed E-state index contributed by atoms with van der Waals surface area (Å²) in [6, 6.07) is 11.4. The molecule has 0 N–H and O–H groups in total. The van der Waals surface area contributed by atoms with Crippen molar-refractivity contribution in [2.75, 3.05) is 0 Å². The first-order valence-electron chi connectivity index (χ1n) is 5.53. The number of hydrogen-bond donors (Lipinski definition) is 0. The lowest BCUT2D eigenvalue weighted by Gasteiger charge is -2.05. The maximum atomic E-state index is 6.05. The fraction of sp³-hybridized carbons (Fsp3) is 0. The molecule has 94 valence electrons. The van der Waals surface area contributed by atoms with Crippen LogP contribution in [0.25, 0.3) is 17.2 Å². The average molecular weight is 336 g/mol. The standard InChI is InChI=1S/C13H8BrClN4/c14-10-7-16-19(8-10)12-6-11(15)17-13(18-12)9-4-2-1-3-5-9/h1-8H. The number of nitrogens with zero attached hydrogens (tertiary/aromatic N) is 4. The van der Waals surface area contributed by atoms with Crippen LogP contribution in [0.3, 0.4) is 0 Å². The van der Waals surface area contributed by atoms with Gasteiger partial charge in [0.25, 0.3) is 0 Å². The molecule has 0 fully saturated rings. The largest absolute Gasteiger partial charge is 0.221 e. The molecule has 0 saturated carbocycles. The van der Waals surface area contributed by atoms with E-state index in [1.807, 2.05) is 36.5 Å². The van der Waals surface area contributed by atoms with Gasteiger partial charge in [-0.15, -0.1) is 0 Å². The Balaban J connectivity index is 2.11. The van der Waals surface area contributed by atoms with E-state index in [1.165, 1.54) is 0 Å². The van der Waals surface area contributed by atoms with Crippen LogP contribution < -0.4 is 0 Å². The van der Waals surface area contributed by atoms with Crippen molar-refractivity contribution in [3.63, 3.8) is 0 Å². The van der Waals surface area contributed by atoms with Gasteiger partial charge < -0.3 is 0 Å². The van der Waals surface area contributed by atoms with Crippen molar-refractivity contribution in [1.29, 1.82) is 0 Å². The predicted molar refractivity (Wildman–Crippen MR) is 77.3 cm³/mol. The molecule has 0 saturated heterocycles. The van der Waals surface area contributed by atoms with Gasteiger partial charge in [-0.05, 0) is 15.9 Å². The second-order valence-electron chi connectivity index (χ2n) is 3.84. The average Bonchev–Trinajstić information content (AvgIpc) is 2.86. The molecule has 0 radical (unpaired) electrons. The third kappa shape index (κ3) is 2.67. The molecule has 0 bridgehead atoms. The van der Waals surface area contributed by atoms with Crippen LogP contribution in [-0.2, 0) is 0 Å². The van der Waals surface area contributed by atoms with E-state index in [-0.39, 0.29) is 0 Å². The van der Waals surface area contributed by atoms with Gasteiger partial charge in [0, 0.05) is 17.8 Å². The van der Waals surface area contributed by atoms with E-state index in [1.54, 1.807) is 16.9 Å². The molecule has 0 aliphatic heterocycles. The molecule has 0 spiro atoms. The zero-order chi connectivity index (χ0) is 13.2. The molecule has 0 atom stereocenters. The highest BCUT2D eigenvalue weighted by Crippen LogP contribution is 2.20. The van der Waals surface area contributed by atoms with Crippen molar-refractivity contribution in [2.24, 2.45) is 0 Å². The number of aromatic nitrogens is 4. The minimum atomic E-state index is 0.385. The molecular weight excluding hydrogens is 328 g/mol. The van der Waals surface area contributed by atoms with E-state index >= 15 is 0 Å². The molecule has 6 heteroatoms. The maximum absolute atomic E-state index is 6.05. The molecule has 0 unspecified atom stereocenters. The molecule has 19 heavy (non-hydrogen) atoms. The van der Waals surface area contributed by atoms with Crippen molar-refractivity contribution in [1.82, 2.24) is 19.7 Å². The van der Waals surface area contributed by atoms with Gasteiger partial charge in [0.15, 0.2) is 11.6 Å². The van der Waals surface area contributed by atoms with Crippen molar-refractivity contribution >= 4 is 27.5 Å². The summed E-state index contributed by atoms with van der Waals surface area (Å²) in [6.45, 7) is 0. The van der Waals surface area contributed by atoms with Crippen LogP contribution in [0.15, 0.2) is 53.3 Å². The van der Waals surface area contributed by atoms with Crippen molar-refractivity contribution in [2.45, 2.75) is 0 Å². The molecule has 0 aliphatic rings. The van der Waals surface area contributed by atoms with Crippen LogP contribution >= 0.6 is 27.5 Å². The van der Waals surface area contributed by atoms with Gasteiger partial charge in [-0.25, -0.2) is 14.6 Å². The summed E-state index contributed by atoms with van der Waals surface area (Å²) in [5.74, 6) is 1.21. The van der Waals surface area contributed by atoms with Gasteiger partial charge >= 0.3 is 0 Å². The Morgan fingerprint density at radius 1 is 1.11 bits per heavy atom. The molecular formula is C13H8BrClN4. The molecule has 0 aliphatic carbocycles. The summed E-state index contributed by atoms with van der Waals surface area (Å²) in [7, 11) is 0. The van der Waals surface area contributed by atoms with Gasteiger partial charge in [0.1, 0.15) is 5.15 Å². The zero-order valence-electron chi connectivity index (χ0n) is 9.66. The van der Waals surface area contributed by atoms with Crippen LogP contribution in [0.5, 0.6) is 0 Å². The van der Waals surface area contributed by atoms with Gasteiger partial charge in [-0.1, -0.05) is 41.9 Å². The molecule has 1 aromatic carbocycles. The van der Waals surface area contributed by atoms with E-state index in [0.29, 0.717) is 16.8 Å². The molecule has 4 nitrogen and oxygen atoms in total. The Morgan fingerprint density at radius 2 is 1.89 bits per heavy atom. The van der Waals surface area contributed by atoms with Crippen LogP contribution in [0.4, 0.5) is 0 Å². The SMILES string of the molecule is Clc1cc(-n2cc(Br)cn2)nc(-c2ccccc2)n1. The highest BCUT2D eigenvalue weighted by Gasteiger charge is 2.08. The number of halogens is 2. The fourth-order valence-electron chi connectivity index (χ4n) is 1.67. The van der Waals surface area contributed by atoms with E-state index in [0.717, 1.165) is 10.0 Å². The summed E-state index contributed by atoms with van der Waals surface area (Å²) in [5.41, 5.74) is 0.914. The molecule has 3 aromatic rings. The third-order valence-corrected chi connectivity index (χ3v) is 3.10. The van der Waals surface area contributed by atoms with E-state index < -0.39 is 0 Å². The molecule has 2 heterocycles. The number of hydrogen-bond acceptors (Lipinski definition) is 3. The molecule has 0 amide bonds. The Bertz CT molecular complexity index is 712. The third-order valence-electron chi connectivity index (χ3n) is 2.50. The maximum Gasteiger partial charge on any atom is 0.163 e. The van der Waals surface area contributed by atoms with Crippen molar-refractivity contribution in [3.8, 4) is 17.2 Å². The second-order valence-corrected chi connectivity index (χ2v) is 5.14. The van der Waals surface area contributed by atoms with E-state index in [9.17, 15) is 0 Å². The van der Waals surface area contributed by atoms with E-state index in [4.69, 9.17) is 11.6 Å². The smallest absolute Gasteiger partial charge is 0.163 e. The minimum absolute atomic E-state index is 0.385. The lowest BCUT2D eigenvalue weighted by Crippen LogP contribution is -2.01. The molecule has 3 rings (SSSR count). The summed E-state index contributed by atoms with van der Waals surface area (Å²) in [5, 5.41) is 4.57. The first-order chi connectivity index (χ1) is 9.22. The van der Waals surface area contributed by atoms with Crippen molar-refractivity contribution in [3.05, 3.63) is 58.4 Å². The monoisotopic (exact) mass is 334 g/mol. The Labute approximate surface area is 123 Å². The lowest BCUT2D eigenvalue weighted by molar-refractivity contribution is 0.841. The van der Waals surface area contributed by atoms with Gasteiger partial charge in [0.05, 0.1) is 10.7 Å². The fourth-order valence-corrected chi connectivity index (χ4v) is 2.13. The summed E-state index contributed by atoms with van der Waals surface area (Å²) >= 11 is 9.40. The van der Waals surface area contributed by atoms with Crippen LogP contribution in [-0.4, -0.2) is 19.7 Å². The quantitative estimate of drug-likeness (QED) is 0.670. The van der Waals surface area contributed by atoms with Crippen LogP contribution in [0.1, 0.15) is 0 Å². The Hall–Kier alpha value is -1.72. The Morgan fingerprint density at radius 3 is 2.58 bits per heavy atom. The lowest BCUT2D eigenvalue weighted by atomic mass is 10.2. The Kier molecular flexibility index (Phi) is 3.31.